The third kappa shape index (κ3) is 7.19. The molecule has 0 aliphatic heterocycles. The minimum absolute atomic E-state index is 0.314. The molecule has 0 unspecified atom stereocenters. The van der Waals surface area contributed by atoms with E-state index in [0.29, 0.717) is 11.4 Å². The summed E-state index contributed by atoms with van der Waals surface area (Å²) >= 11 is 0. The van der Waals surface area contributed by atoms with Gasteiger partial charge in [-0.05, 0) is 128 Å². The Balaban J connectivity index is 1.11. The molecule has 0 saturated carbocycles. The molecular weight excluding hydrogens is 835 g/mol. The van der Waals surface area contributed by atoms with Crippen LogP contribution in [0.5, 0.6) is 0 Å². The summed E-state index contributed by atoms with van der Waals surface area (Å²) < 4.78 is 35.2. The highest BCUT2D eigenvalue weighted by Crippen LogP contribution is 2.51. The van der Waals surface area contributed by atoms with Gasteiger partial charge in [0.1, 0.15) is 11.6 Å². The summed E-state index contributed by atoms with van der Waals surface area (Å²) in [5.41, 5.74) is 11.3. The van der Waals surface area contributed by atoms with Crippen LogP contribution in [0.4, 0.5) is 42.9 Å². The molecule has 12 rings (SSSR count). The van der Waals surface area contributed by atoms with Gasteiger partial charge in [-0.2, -0.15) is 0 Å². The molecule has 0 radical (unpaired) electrons. The third-order valence-corrected chi connectivity index (χ3v) is 13.3. The second kappa shape index (κ2) is 17.3. The standard InChI is InChI=1S/C64H44F2N2/c65-57-41-49(43-19-7-1-8-20-43)39-55(45-23-11-3-12-24-45)63(57)67(51-27-15-5-16-28-51)59-37-33-47-32-36-54-60(38-34-48-31-35-53(59)61(47)62(48)54)68(52-29-17-6-18-30-52)64-56(46-25-13-4-14-26-46)40-50(42-58(64)66)44-21-9-2-10-22-44/h1-3,5-13,15-42H,4,14H2. The first kappa shape index (κ1) is 40.9. The molecule has 0 fully saturated rings. The fraction of sp³-hybridized carbons (Fsp3) is 0.0312. The van der Waals surface area contributed by atoms with Crippen LogP contribution in [-0.4, -0.2) is 0 Å². The van der Waals surface area contributed by atoms with Crippen molar-refractivity contribution in [3.63, 3.8) is 0 Å². The van der Waals surface area contributed by atoms with Crippen molar-refractivity contribution >= 4 is 72.0 Å². The highest BCUT2D eigenvalue weighted by molar-refractivity contribution is 6.28. The smallest absolute Gasteiger partial charge is 0.148 e. The maximum absolute atomic E-state index is 17.6. The quantitative estimate of drug-likeness (QED) is 0.126. The average molecular weight is 879 g/mol. The molecule has 11 aromatic rings. The Morgan fingerprint density at radius 1 is 0.353 bits per heavy atom. The zero-order valence-electron chi connectivity index (χ0n) is 37.2. The molecule has 1 aliphatic carbocycles. The van der Waals surface area contributed by atoms with E-state index < -0.39 is 0 Å². The number of halogens is 2. The Morgan fingerprint density at radius 2 is 0.765 bits per heavy atom. The Morgan fingerprint density at radius 3 is 1.22 bits per heavy atom. The number of nitrogens with zero attached hydrogens (tertiary/aromatic N) is 2. The SMILES string of the molecule is Fc1cc(-c2ccccc2)cc(C2=CCCC=C2)c1N(c1ccccc1)c1ccc2ccc3c(N(c4ccccc4)c4c(F)cc(-c5ccccc5)cc4-c4ccccc4)ccc4ccc1c2c43. The van der Waals surface area contributed by atoms with Crippen LogP contribution >= 0.6 is 0 Å². The predicted octanol–water partition coefficient (Wildman–Crippen LogP) is 18.5. The van der Waals surface area contributed by atoms with Crippen LogP contribution in [0.25, 0.3) is 71.3 Å². The predicted molar refractivity (Wildman–Crippen MR) is 282 cm³/mol. The average Bonchev–Trinajstić information content (AvgIpc) is 3.41. The van der Waals surface area contributed by atoms with Crippen LogP contribution < -0.4 is 9.80 Å². The van der Waals surface area contributed by atoms with Crippen LogP contribution in [0.3, 0.4) is 0 Å². The normalized spacial score (nSPS) is 12.5. The first-order valence-electron chi connectivity index (χ1n) is 23.2. The van der Waals surface area contributed by atoms with Crippen molar-refractivity contribution in [2.24, 2.45) is 0 Å². The second-order valence-electron chi connectivity index (χ2n) is 17.4. The molecule has 1 aliphatic rings. The zero-order valence-corrected chi connectivity index (χ0v) is 37.2. The Kier molecular flexibility index (Phi) is 10.4. The molecular formula is C64H44F2N2. The number of anilines is 6. The van der Waals surface area contributed by atoms with Gasteiger partial charge in [-0.1, -0.05) is 182 Å². The highest BCUT2D eigenvalue weighted by Gasteiger charge is 2.28. The van der Waals surface area contributed by atoms with E-state index in [1.165, 1.54) is 0 Å². The van der Waals surface area contributed by atoms with Crippen molar-refractivity contribution in [3.05, 3.63) is 260 Å². The van der Waals surface area contributed by atoms with Crippen molar-refractivity contribution in [2.75, 3.05) is 9.80 Å². The van der Waals surface area contributed by atoms with Crippen LogP contribution in [0.2, 0.25) is 0 Å². The third-order valence-electron chi connectivity index (χ3n) is 13.3. The summed E-state index contributed by atoms with van der Waals surface area (Å²) in [5, 5.41) is 6.15. The van der Waals surface area contributed by atoms with Gasteiger partial charge in [0.2, 0.25) is 0 Å². The molecule has 0 spiro atoms. The van der Waals surface area contributed by atoms with E-state index in [9.17, 15) is 0 Å². The second-order valence-corrected chi connectivity index (χ2v) is 17.4. The maximum atomic E-state index is 17.6. The van der Waals surface area contributed by atoms with Crippen molar-refractivity contribution in [3.8, 4) is 33.4 Å². The summed E-state index contributed by atoms with van der Waals surface area (Å²) in [7, 11) is 0. The summed E-state index contributed by atoms with van der Waals surface area (Å²) in [6.07, 6.45) is 8.35. The van der Waals surface area contributed by atoms with Crippen molar-refractivity contribution in [1.29, 1.82) is 0 Å². The molecule has 0 atom stereocenters. The molecule has 0 N–H and O–H groups in total. The minimum atomic E-state index is -0.334. The lowest BCUT2D eigenvalue weighted by Gasteiger charge is -2.32. The molecule has 11 aromatic carbocycles. The van der Waals surface area contributed by atoms with E-state index in [1.807, 2.05) is 140 Å². The van der Waals surface area contributed by atoms with E-state index in [1.54, 1.807) is 12.1 Å². The number of hydrogen-bond acceptors (Lipinski definition) is 2. The van der Waals surface area contributed by atoms with Gasteiger partial charge in [0, 0.05) is 33.3 Å². The van der Waals surface area contributed by atoms with Gasteiger partial charge in [-0.25, -0.2) is 8.78 Å². The van der Waals surface area contributed by atoms with Crippen LogP contribution in [0.15, 0.2) is 243 Å². The van der Waals surface area contributed by atoms with Gasteiger partial charge in [-0.15, -0.1) is 0 Å². The van der Waals surface area contributed by atoms with Gasteiger partial charge < -0.3 is 9.80 Å². The maximum Gasteiger partial charge on any atom is 0.148 e. The van der Waals surface area contributed by atoms with E-state index in [-0.39, 0.29) is 11.6 Å². The lowest BCUT2D eigenvalue weighted by Crippen LogP contribution is -2.15. The monoisotopic (exact) mass is 878 g/mol. The number of benzene rings is 11. The molecule has 0 heterocycles. The lowest BCUT2D eigenvalue weighted by molar-refractivity contribution is 0.629. The van der Waals surface area contributed by atoms with Crippen molar-refractivity contribution in [1.82, 2.24) is 0 Å². The molecule has 0 saturated heterocycles. The van der Waals surface area contributed by atoms with Crippen molar-refractivity contribution < 1.29 is 8.78 Å². The summed E-state index contributed by atoms with van der Waals surface area (Å²) in [6, 6.07) is 75.1. The number of hydrogen-bond donors (Lipinski definition) is 0. The lowest BCUT2D eigenvalue weighted by atomic mass is 9.90. The zero-order chi connectivity index (χ0) is 45.6. The van der Waals surface area contributed by atoms with Gasteiger partial charge in [0.15, 0.2) is 0 Å². The summed E-state index contributed by atoms with van der Waals surface area (Å²) in [6.45, 7) is 0. The number of para-hydroxylation sites is 2. The molecule has 4 heteroatoms. The van der Waals surface area contributed by atoms with Crippen LogP contribution in [0.1, 0.15) is 18.4 Å². The van der Waals surface area contributed by atoms with Gasteiger partial charge >= 0.3 is 0 Å². The van der Waals surface area contributed by atoms with E-state index >= 15 is 8.78 Å². The first-order valence-corrected chi connectivity index (χ1v) is 23.2. The van der Waals surface area contributed by atoms with E-state index in [2.05, 4.69) is 101 Å². The number of rotatable bonds is 10. The largest absolute Gasteiger partial charge is 0.307 e. The molecule has 0 bridgehead atoms. The molecule has 324 valence electrons. The fourth-order valence-electron chi connectivity index (χ4n) is 10.2. The Hall–Kier alpha value is -8.60. The minimum Gasteiger partial charge on any atom is -0.307 e. The first-order chi connectivity index (χ1) is 33.6. The van der Waals surface area contributed by atoms with E-state index in [4.69, 9.17) is 0 Å². The number of allylic oxidation sites excluding steroid dienone is 4. The van der Waals surface area contributed by atoms with Crippen molar-refractivity contribution in [2.45, 2.75) is 12.8 Å². The van der Waals surface area contributed by atoms with Gasteiger partial charge in [0.05, 0.1) is 22.7 Å². The molecule has 2 nitrogen and oxygen atoms in total. The van der Waals surface area contributed by atoms with Crippen LogP contribution in [0, 0.1) is 11.6 Å². The van der Waals surface area contributed by atoms with Crippen LogP contribution in [-0.2, 0) is 0 Å². The van der Waals surface area contributed by atoms with Gasteiger partial charge in [0.25, 0.3) is 0 Å². The van der Waals surface area contributed by atoms with E-state index in [0.717, 1.165) is 112 Å². The molecule has 68 heavy (non-hydrogen) atoms. The summed E-state index contributed by atoms with van der Waals surface area (Å²) in [4.78, 5) is 4.18. The Labute approximate surface area is 395 Å². The molecule has 0 amide bonds. The Bertz CT molecular complexity index is 3680. The topological polar surface area (TPSA) is 6.48 Å². The molecule has 0 aromatic heterocycles. The van der Waals surface area contributed by atoms with Gasteiger partial charge in [-0.3, -0.25) is 0 Å². The highest BCUT2D eigenvalue weighted by atomic mass is 19.1. The summed E-state index contributed by atoms with van der Waals surface area (Å²) in [5.74, 6) is -0.648. The fourth-order valence-corrected chi connectivity index (χ4v) is 10.2.